The molecule has 1 aliphatic carbocycles. The number of nitrogens with one attached hydrogen (secondary N) is 2. The first-order chi connectivity index (χ1) is 8.67. The molecule has 98 valence electrons. The highest BCUT2D eigenvalue weighted by molar-refractivity contribution is 9.10. The monoisotopic (exact) mass is 308 g/mol. The first-order valence-electron chi connectivity index (χ1n) is 6.90. The fourth-order valence-corrected chi connectivity index (χ4v) is 3.67. The van der Waals surface area contributed by atoms with E-state index in [1.165, 1.54) is 54.5 Å². The van der Waals surface area contributed by atoms with E-state index in [2.05, 4.69) is 51.7 Å². The molecule has 1 saturated carbocycles. The van der Waals surface area contributed by atoms with Crippen LogP contribution in [-0.2, 0) is 0 Å². The molecule has 1 heterocycles. The predicted molar refractivity (Wildman–Crippen MR) is 80.1 cm³/mol. The van der Waals surface area contributed by atoms with Crippen molar-refractivity contribution >= 4 is 21.6 Å². The van der Waals surface area contributed by atoms with Gasteiger partial charge in [-0.3, -0.25) is 0 Å². The minimum atomic E-state index is 0.660. The van der Waals surface area contributed by atoms with Crippen molar-refractivity contribution in [1.29, 1.82) is 0 Å². The van der Waals surface area contributed by atoms with Gasteiger partial charge in [-0.1, -0.05) is 15.9 Å². The van der Waals surface area contributed by atoms with Gasteiger partial charge in [0.05, 0.1) is 0 Å². The van der Waals surface area contributed by atoms with Crippen LogP contribution in [0, 0.1) is 12.3 Å². The number of aryl methyl sites for hydroxylation is 1. The number of halogens is 1. The number of rotatable bonds is 2. The van der Waals surface area contributed by atoms with Crippen molar-refractivity contribution in [2.45, 2.75) is 38.6 Å². The van der Waals surface area contributed by atoms with E-state index in [-0.39, 0.29) is 0 Å². The Kier molecular flexibility index (Phi) is 3.37. The molecule has 1 aliphatic heterocycles. The van der Waals surface area contributed by atoms with Crippen LogP contribution < -0.4 is 10.6 Å². The maximum Gasteiger partial charge on any atom is 0.0345 e. The molecule has 1 aromatic carbocycles. The van der Waals surface area contributed by atoms with Crippen molar-refractivity contribution in [3.05, 3.63) is 28.2 Å². The summed E-state index contributed by atoms with van der Waals surface area (Å²) < 4.78 is 1.19. The molecule has 0 unspecified atom stereocenters. The zero-order valence-corrected chi connectivity index (χ0v) is 12.5. The summed E-state index contributed by atoms with van der Waals surface area (Å²) in [5.41, 5.74) is 3.23. The number of benzene rings is 1. The molecule has 1 saturated heterocycles. The van der Waals surface area contributed by atoms with Gasteiger partial charge in [-0.05, 0) is 74.9 Å². The van der Waals surface area contributed by atoms with Crippen LogP contribution in [0.25, 0.3) is 0 Å². The van der Waals surface area contributed by atoms with Crippen LogP contribution in [0.1, 0.15) is 31.2 Å². The van der Waals surface area contributed by atoms with Gasteiger partial charge in [-0.2, -0.15) is 0 Å². The van der Waals surface area contributed by atoms with Crippen molar-refractivity contribution in [1.82, 2.24) is 5.32 Å². The smallest absolute Gasteiger partial charge is 0.0345 e. The highest BCUT2D eigenvalue weighted by atomic mass is 79.9. The molecule has 0 amide bonds. The van der Waals surface area contributed by atoms with E-state index >= 15 is 0 Å². The van der Waals surface area contributed by atoms with Gasteiger partial charge in [0.2, 0.25) is 0 Å². The Hall–Kier alpha value is -0.540. The van der Waals surface area contributed by atoms with Crippen LogP contribution in [0.5, 0.6) is 0 Å². The Morgan fingerprint density at radius 2 is 2.00 bits per heavy atom. The third kappa shape index (κ3) is 2.43. The summed E-state index contributed by atoms with van der Waals surface area (Å²) in [6.45, 7) is 4.57. The van der Waals surface area contributed by atoms with Gasteiger partial charge >= 0.3 is 0 Å². The number of hydrogen-bond donors (Lipinski definition) is 2. The zero-order chi connectivity index (χ0) is 12.6. The maximum absolute atomic E-state index is 3.68. The molecule has 3 rings (SSSR count). The average Bonchev–Trinajstić information content (AvgIpc) is 2.33. The van der Waals surface area contributed by atoms with E-state index in [1.807, 2.05) is 0 Å². The van der Waals surface area contributed by atoms with Crippen LogP contribution in [0.2, 0.25) is 0 Å². The molecule has 1 aromatic rings. The molecule has 3 heteroatoms. The molecule has 1 spiro atoms. The molecule has 2 aliphatic rings. The van der Waals surface area contributed by atoms with Crippen LogP contribution in [0.3, 0.4) is 0 Å². The fraction of sp³-hybridized carbons (Fsp3) is 0.600. The maximum atomic E-state index is 3.68. The third-order valence-corrected chi connectivity index (χ3v) is 5.44. The van der Waals surface area contributed by atoms with Gasteiger partial charge in [-0.25, -0.2) is 0 Å². The summed E-state index contributed by atoms with van der Waals surface area (Å²) >= 11 is 3.55. The van der Waals surface area contributed by atoms with Crippen molar-refractivity contribution in [2.24, 2.45) is 5.41 Å². The third-order valence-electron chi connectivity index (χ3n) is 4.55. The number of anilines is 1. The second-order valence-electron chi connectivity index (χ2n) is 5.96. The van der Waals surface area contributed by atoms with E-state index in [0.29, 0.717) is 11.5 Å². The minimum absolute atomic E-state index is 0.660. The Balaban J connectivity index is 1.57. The van der Waals surface area contributed by atoms with Crippen LogP contribution in [0.15, 0.2) is 22.7 Å². The highest BCUT2D eigenvalue weighted by Crippen LogP contribution is 2.48. The van der Waals surface area contributed by atoms with Crippen LogP contribution in [0.4, 0.5) is 5.69 Å². The van der Waals surface area contributed by atoms with Crippen molar-refractivity contribution in [3.8, 4) is 0 Å². The normalized spacial score (nSPS) is 22.8. The summed E-state index contributed by atoms with van der Waals surface area (Å²) in [7, 11) is 0. The minimum Gasteiger partial charge on any atom is -0.382 e. The van der Waals surface area contributed by atoms with Gasteiger partial charge in [0.15, 0.2) is 0 Å². The summed E-state index contributed by atoms with van der Waals surface area (Å²) in [5.74, 6) is 0. The van der Waals surface area contributed by atoms with Crippen LogP contribution in [-0.4, -0.2) is 19.1 Å². The van der Waals surface area contributed by atoms with Gasteiger partial charge in [0, 0.05) is 16.2 Å². The number of piperidine rings is 1. The SMILES string of the molecule is Cc1cc(NC2CC3(CCNCC3)C2)ccc1Br. The average molecular weight is 309 g/mol. The van der Waals surface area contributed by atoms with Gasteiger partial charge in [0.1, 0.15) is 0 Å². The second-order valence-corrected chi connectivity index (χ2v) is 6.82. The Bertz CT molecular complexity index is 430. The van der Waals surface area contributed by atoms with Gasteiger partial charge in [0.25, 0.3) is 0 Å². The standard InChI is InChI=1S/C15H21BrN2/c1-11-8-12(2-3-14(11)16)18-13-9-15(10-13)4-6-17-7-5-15/h2-3,8,13,17-18H,4-7,9-10H2,1H3. The molecular formula is C15H21BrN2. The van der Waals surface area contributed by atoms with E-state index in [4.69, 9.17) is 0 Å². The van der Waals surface area contributed by atoms with E-state index in [9.17, 15) is 0 Å². The Morgan fingerprint density at radius 3 is 2.67 bits per heavy atom. The van der Waals surface area contributed by atoms with E-state index in [1.54, 1.807) is 0 Å². The fourth-order valence-electron chi connectivity index (χ4n) is 3.42. The quantitative estimate of drug-likeness (QED) is 0.870. The molecule has 0 atom stereocenters. The van der Waals surface area contributed by atoms with Crippen molar-refractivity contribution < 1.29 is 0 Å². The van der Waals surface area contributed by atoms with Crippen molar-refractivity contribution in [3.63, 3.8) is 0 Å². The largest absolute Gasteiger partial charge is 0.382 e. The lowest BCUT2D eigenvalue weighted by molar-refractivity contribution is 0.0718. The molecular weight excluding hydrogens is 288 g/mol. The van der Waals surface area contributed by atoms with E-state index < -0.39 is 0 Å². The molecule has 0 radical (unpaired) electrons. The molecule has 0 aromatic heterocycles. The zero-order valence-electron chi connectivity index (χ0n) is 10.9. The van der Waals surface area contributed by atoms with Crippen molar-refractivity contribution in [2.75, 3.05) is 18.4 Å². The Labute approximate surface area is 118 Å². The van der Waals surface area contributed by atoms with Gasteiger partial charge in [-0.15, -0.1) is 0 Å². The van der Waals surface area contributed by atoms with E-state index in [0.717, 1.165) is 0 Å². The molecule has 2 nitrogen and oxygen atoms in total. The molecule has 18 heavy (non-hydrogen) atoms. The first kappa shape index (κ1) is 12.5. The lowest BCUT2D eigenvalue weighted by Crippen LogP contribution is -2.50. The van der Waals surface area contributed by atoms with Crippen LogP contribution >= 0.6 is 15.9 Å². The predicted octanol–water partition coefficient (Wildman–Crippen LogP) is 3.70. The highest BCUT2D eigenvalue weighted by Gasteiger charge is 2.44. The number of hydrogen-bond acceptors (Lipinski definition) is 2. The summed E-state index contributed by atoms with van der Waals surface area (Å²) in [6.07, 6.45) is 5.43. The topological polar surface area (TPSA) is 24.1 Å². The second kappa shape index (κ2) is 4.86. The molecule has 2 N–H and O–H groups in total. The summed E-state index contributed by atoms with van der Waals surface area (Å²) in [5, 5.41) is 7.14. The lowest BCUT2D eigenvalue weighted by atomic mass is 9.60. The summed E-state index contributed by atoms with van der Waals surface area (Å²) in [4.78, 5) is 0. The summed E-state index contributed by atoms with van der Waals surface area (Å²) in [6, 6.07) is 7.22. The Morgan fingerprint density at radius 1 is 1.28 bits per heavy atom. The molecule has 2 fully saturated rings. The van der Waals surface area contributed by atoms with Gasteiger partial charge < -0.3 is 10.6 Å². The molecule has 0 bridgehead atoms. The lowest BCUT2D eigenvalue weighted by Gasteiger charge is -2.50. The first-order valence-corrected chi connectivity index (χ1v) is 7.70.